The Morgan fingerprint density at radius 2 is 1.22 bits per heavy atom. The minimum Gasteiger partial charge on any atom is -0.497 e. The average Bonchev–Trinajstić information content (AvgIpc) is 3.69. The van der Waals surface area contributed by atoms with E-state index in [2.05, 4.69) is 77.4 Å². The molecule has 3 heterocycles. The van der Waals surface area contributed by atoms with Gasteiger partial charge in [0.2, 0.25) is 0 Å². The van der Waals surface area contributed by atoms with Crippen molar-refractivity contribution < 1.29 is 14.3 Å². The van der Waals surface area contributed by atoms with Crippen LogP contribution in [0.15, 0.2) is 84.9 Å². The summed E-state index contributed by atoms with van der Waals surface area (Å²) >= 11 is 3.24. The fraction of sp³-hybridized carbons (Fsp3) is 0.0645. The molecule has 0 unspecified atom stereocenters. The number of ether oxygens (including phenoxy) is 2. The Hall–Kier alpha value is -4.13. The molecule has 0 N–H and O–H groups in total. The zero-order valence-corrected chi connectivity index (χ0v) is 21.9. The number of aldehydes is 1. The molecule has 4 nitrogen and oxygen atoms in total. The SMILES string of the molecule is COc1ccc2c(c1)c1cc(OC)ccc1n2-c1ccc(C=Cc2ccc(-c3ccc(C=O)s3)s2)cc1. The number of carbonyl (C=O) groups excluding carboxylic acids is 1. The number of rotatable bonds is 7. The molecule has 37 heavy (non-hydrogen) atoms. The highest BCUT2D eigenvalue weighted by Gasteiger charge is 2.14. The molecule has 0 aliphatic carbocycles. The van der Waals surface area contributed by atoms with Gasteiger partial charge in [0.05, 0.1) is 30.1 Å². The normalized spacial score (nSPS) is 11.5. The van der Waals surface area contributed by atoms with Crippen molar-refractivity contribution in [2.24, 2.45) is 0 Å². The van der Waals surface area contributed by atoms with Crippen molar-refractivity contribution in [3.8, 4) is 26.9 Å². The molecule has 0 atom stereocenters. The van der Waals surface area contributed by atoms with Crippen molar-refractivity contribution in [1.29, 1.82) is 0 Å². The van der Waals surface area contributed by atoms with E-state index in [-0.39, 0.29) is 0 Å². The zero-order valence-electron chi connectivity index (χ0n) is 20.3. The van der Waals surface area contributed by atoms with Crippen molar-refractivity contribution in [2.45, 2.75) is 0 Å². The minimum atomic E-state index is 0.752. The maximum Gasteiger partial charge on any atom is 0.160 e. The molecule has 0 aliphatic heterocycles. The van der Waals surface area contributed by atoms with Gasteiger partial charge in [0.25, 0.3) is 0 Å². The Balaban J connectivity index is 1.32. The van der Waals surface area contributed by atoms with E-state index in [1.165, 1.54) is 21.1 Å². The van der Waals surface area contributed by atoms with Crippen molar-refractivity contribution in [2.75, 3.05) is 14.2 Å². The summed E-state index contributed by atoms with van der Waals surface area (Å²) in [5.74, 6) is 1.66. The number of aromatic nitrogens is 1. The lowest BCUT2D eigenvalue weighted by atomic mass is 10.1. The third-order valence-corrected chi connectivity index (χ3v) is 8.64. The molecule has 0 radical (unpaired) electrons. The van der Waals surface area contributed by atoms with Crippen LogP contribution in [0.3, 0.4) is 0 Å². The lowest BCUT2D eigenvalue weighted by Gasteiger charge is -2.09. The molecule has 0 bridgehead atoms. The van der Waals surface area contributed by atoms with E-state index in [4.69, 9.17) is 9.47 Å². The second kappa shape index (κ2) is 9.73. The monoisotopic (exact) mass is 521 g/mol. The molecule has 182 valence electrons. The van der Waals surface area contributed by atoms with E-state index in [1.54, 1.807) is 25.6 Å². The van der Waals surface area contributed by atoms with Crippen LogP contribution in [0.1, 0.15) is 20.1 Å². The molecule has 3 aromatic carbocycles. The van der Waals surface area contributed by atoms with E-state index < -0.39 is 0 Å². The maximum absolute atomic E-state index is 11.0. The molecule has 0 saturated heterocycles. The first-order valence-corrected chi connectivity index (χ1v) is 13.4. The average molecular weight is 522 g/mol. The molecule has 3 aromatic heterocycles. The molecule has 6 heteroatoms. The van der Waals surface area contributed by atoms with Crippen LogP contribution in [0.4, 0.5) is 0 Å². The van der Waals surface area contributed by atoms with Gasteiger partial charge in [0.1, 0.15) is 11.5 Å². The number of fused-ring (bicyclic) bond motifs is 3. The van der Waals surface area contributed by atoms with E-state index in [1.807, 2.05) is 24.3 Å². The topological polar surface area (TPSA) is 40.5 Å². The number of carbonyl (C=O) groups is 1. The van der Waals surface area contributed by atoms with Gasteiger partial charge in [0.15, 0.2) is 6.29 Å². The van der Waals surface area contributed by atoms with Crippen LogP contribution in [0, 0.1) is 0 Å². The smallest absolute Gasteiger partial charge is 0.160 e. The van der Waals surface area contributed by atoms with Gasteiger partial charge in [-0.2, -0.15) is 0 Å². The summed E-state index contributed by atoms with van der Waals surface area (Å²) < 4.78 is 13.3. The molecule has 0 amide bonds. The number of hydrogen-bond donors (Lipinski definition) is 0. The van der Waals surface area contributed by atoms with Gasteiger partial charge in [-0.25, -0.2) is 0 Å². The van der Waals surface area contributed by atoms with Gasteiger partial charge >= 0.3 is 0 Å². The largest absolute Gasteiger partial charge is 0.497 e. The number of nitrogens with zero attached hydrogens (tertiary/aromatic N) is 1. The first kappa shape index (κ1) is 23.3. The van der Waals surface area contributed by atoms with Gasteiger partial charge in [-0.15, -0.1) is 22.7 Å². The van der Waals surface area contributed by atoms with E-state index >= 15 is 0 Å². The molecule has 6 rings (SSSR count). The highest BCUT2D eigenvalue weighted by Crippen LogP contribution is 2.37. The van der Waals surface area contributed by atoms with Crippen LogP contribution in [0.5, 0.6) is 11.5 Å². The minimum absolute atomic E-state index is 0.752. The highest BCUT2D eigenvalue weighted by atomic mass is 32.1. The lowest BCUT2D eigenvalue weighted by Crippen LogP contribution is -1.94. The second-order valence-electron chi connectivity index (χ2n) is 8.55. The summed E-state index contributed by atoms with van der Waals surface area (Å²) in [6, 6.07) is 29.1. The zero-order chi connectivity index (χ0) is 25.4. The van der Waals surface area contributed by atoms with Crippen molar-refractivity contribution in [3.63, 3.8) is 0 Å². The summed E-state index contributed by atoms with van der Waals surface area (Å²) in [7, 11) is 3.38. The van der Waals surface area contributed by atoms with Gasteiger partial charge in [-0.3, -0.25) is 4.79 Å². The first-order chi connectivity index (χ1) is 18.2. The molecule has 0 aliphatic rings. The second-order valence-corrected chi connectivity index (χ2v) is 10.8. The third kappa shape index (κ3) is 4.35. The fourth-order valence-corrected chi connectivity index (χ4v) is 6.37. The Kier molecular flexibility index (Phi) is 6.12. The van der Waals surface area contributed by atoms with Crippen LogP contribution >= 0.6 is 22.7 Å². The Morgan fingerprint density at radius 1 is 0.649 bits per heavy atom. The summed E-state index contributed by atoms with van der Waals surface area (Å²) in [6.45, 7) is 0. The number of hydrogen-bond acceptors (Lipinski definition) is 5. The van der Waals surface area contributed by atoms with E-state index in [9.17, 15) is 4.79 Å². The van der Waals surface area contributed by atoms with Crippen LogP contribution in [0.2, 0.25) is 0 Å². The van der Waals surface area contributed by atoms with Crippen LogP contribution in [-0.4, -0.2) is 25.1 Å². The lowest BCUT2D eigenvalue weighted by molar-refractivity contribution is 0.112. The highest BCUT2D eigenvalue weighted by molar-refractivity contribution is 7.23. The first-order valence-electron chi connectivity index (χ1n) is 11.8. The summed E-state index contributed by atoms with van der Waals surface area (Å²) in [5, 5.41) is 2.24. The van der Waals surface area contributed by atoms with Crippen LogP contribution < -0.4 is 9.47 Å². The van der Waals surface area contributed by atoms with Crippen molar-refractivity contribution in [1.82, 2.24) is 4.57 Å². The number of methoxy groups -OCH3 is 2. The van der Waals surface area contributed by atoms with Gasteiger partial charge in [-0.1, -0.05) is 18.2 Å². The predicted molar refractivity (Wildman–Crippen MR) is 156 cm³/mol. The summed E-state index contributed by atoms with van der Waals surface area (Å²) in [6.07, 6.45) is 5.17. The van der Waals surface area contributed by atoms with Crippen LogP contribution in [-0.2, 0) is 0 Å². The Morgan fingerprint density at radius 3 is 1.76 bits per heavy atom. The summed E-state index contributed by atoms with van der Waals surface area (Å²) in [5.41, 5.74) is 4.45. The number of benzene rings is 3. The van der Waals surface area contributed by atoms with Gasteiger partial charge < -0.3 is 14.0 Å². The maximum atomic E-state index is 11.0. The molecule has 6 aromatic rings. The molecule has 0 saturated carbocycles. The van der Waals surface area contributed by atoms with E-state index in [0.29, 0.717) is 0 Å². The standard InChI is InChI=1S/C31H23NO3S2/c1-34-22-8-13-28-26(17-22)27-18-23(35-2)9-14-29(27)32(28)21-6-3-20(4-7-21)5-10-24-11-15-30(36-24)31-16-12-25(19-33)37-31/h3-19H,1-2H3. The van der Waals surface area contributed by atoms with Crippen molar-refractivity contribution in [3.05, 3.63) is 100 Å². The third-order valence-electron chi connectivity index (χ3n) is 6.38. The predicted octanol–water partition coefficient (Wildman–Crippen LogP) is 8.57. The van der Waals surface area contributed by atoms with Crippen LogP contribution in [0.25, 0.3) is 49.4 Å². The number of thiophene rings is 2. The van der Waals surface area contributed by atoms with Gasteiger partial charge in [-0.05, 0) is 84.4 Å². The summed E-state index contributed by atoms with van der Waals surface area (Å²) in [4.78, 5) is 15.2. The molecule has 0 spiro atoms. The molecular weight excluding hydrogens is 498 g/mol. The fourth-order valence-electron chi connectivity index (χ4n) is 4.55. The Bertz CT molecular complexity index is 1710. The Labute approximate surface area is 222 Å². The molecular formula is C31H23NO3S2. The quantitative estimate of drug-likeness (QED) is 0.198. The molecule has 0 fully saturated rings. The van der Waals surface area contributed by atoms with Gasteiger partial charge in [0, 0.05) is 31.1 Å². The van der Waals surface area contributed by atoms with E-state index in [0.717, 1.165) is 60.6 Å². The van der Waals surface area contributed by atoms with Crippen molar-refractivity contribution >= 4 is 62.9 Å².